The van der Waals surface area contributed by atoms with Gasteiger partial charge in [0.2, 0.25) is 0 Å². The molecule has 0 saturated heterocycles. The Bertz CT molecular complexity index is 1270. The van der Waals surface area contributed by atoms with Crippen LogP contribution in [0.2, 0.25) is 0 Å². The van der Waals surface area contributed by atoms with Gasteiger partial charge in [-0.2, -0.15) is 5.26 Å². The van der Waals surface area contributed by atoms with Crippen molar-refractivity contribution < 1.29 is 24.9 Å². The number of fused-ring (bicyclic) bond motifs is 1. The van der Waals surface area contributed by atoms with Crippen molar-refractivity contribution >= 4 is 22.8 Å². The molecule has 1 aliphatic rings. The number of carbonyl (C=O) groups is 2. The largest absolute Gasteiger partial charge is 0.505 e. The highest BCUT2D eigenvalue weighted by Gasteiger charge is 2.23. The second-order valence-corrected chi connectivity index (χ2v) is 7.58. The average Bonchev–Trinajstić information content (AvgIpc) is 2.75. The summed E-state index contributed by atoms with van der Waals surface area (Å²) in [6.45, 7) is 0.837. The Morgan fingerprint density at radius 3 is 2.42 bits per heavy atom. The Kier molecular flexibility index (Phi) is 7.25. The lowest BCUT2D eigenvalue weighted by Crippen LogP contribution is -2.33. The van der Waals surface area contributed by atoms with Crippen molar-refractivity contribution in [1.29, 1.82) is 5.26 Å². The second-order valence-electron chi connectivity index (χ2n) is 7.58. The van der Waals surface area contributed by atoms with Crippen LogP contribution in [0.25, 0.3) is 10.8 Å². The molecule has 1 fully saturated rings. The van der Waals surface area contributed by atoms with E-state index in [0.29, 0.717) is 19.0 Å². The smallest absolute Gasteiger partial charge is 0.503 e. The van der Waals surface area contributed by atoms with Gasteiger partial charge in [0.05, 0.1) is 11.9 Å². The molecule has 33 heavy (non-hydrogen) atoms. The number of nitriles is 1. The molecule has 10 heteroatoms. The van der Waals surface area contributed by atoms with Crippen LogP contribution in [-0.2, 0) is 6.54 Å². The summed E-state index contributed by atoms with van der Waals surface area (Å²) in [7, 11) is 0. The molecule has 0 unspecified atom stereocenters. The zero-order valence-corrected chi connectivity index (χ0v) is 17.6. The number of aromatic hydroxyl groups is 1. The summed E-state index contributed by atoms with van der Waals surface area (Å²) in [6, 6.07) is 12.9. The molecule has 4 rings (SSSR count). The Labute approximate surface area is 188 Å². The third kappa shape index (κ3) is 5.46. The molecule has 2 aromatic heterocycles. The molecular weight excluding hydrogens is 428 g/mol. The van der Waals surface area contributed by atoms with Gasteiger partial charge in [-0.3, -0.25) is 9.59 Å². The Morgan fingerprint density at radius 2 is 1.85 bits per heavy atom. The maximum Gasteiger partial charge on any atom is 0.503 e. The SMILES string of the molecule is N#Cc1nc(C(=O)NCC2CCC2)c(O)c2ccn(Cc3ccccc3)c(=O)c12.O=C(O)O. The van der Waals surface area contributed by atoms with Crippen LogP contribution >= 0.6 is 0 Å². The van der Waals surface area contributed by atoms with Crippen molar-refractivity contribution in [2.45, 2.75) is 25.8 Å². The lowest BCUT2D eigenvalue weighted by molar-refractivity contribution is 0.0931. The van der Waals surface area contributed by atoms with Gasteiger partial charge in [0.15, 0.2) is 17.1 Å². The van der Waals surface area contributed by atoms with Crippen molar-refractivity contribution in [3.63, 3.8) is 0 Å². The van der Waals surface area contributed by atoms with Gasteiger partial charge in [0.1, 0.15) is 6.07 Å². The molecule has 1 aromatic carbocycles. The molecule has 2 heterocycles. The fourth-order valence-electron chi connectivity index (χ4n) is 3.51. The van der Waals surface area contributed by atoms with Gasteiger partial charge in [-0.1, -0.05) is 36.8 Å². The summed E-state index contributed by atoms with van der Waals surface area (Å²) in [5.41, 5.74) is 0.0938. The predicted molar refractivity (Wildman–Crippen MR) is 118 cm³/mol. The highest BCUT2D eigenvalue weighted by atomic mass is 16.6. The monoisotopic (exact) mass is 450 g/mol. The summed E-state index contributed by atoms with van der Waals surface area (Å²) in [4.78, 5) is 38.0. The van der Waals surface area contributed by atoms with Crippen molar-refractivity contribution in [3.05, 3.63) is 69.9 Å². The number of nitrogens with one attached hydrogen (secondary N) is 1. The number of rotatable bonds is 5. The first-order valence-electron chi connectivity index (χ1n) is 10.2. The molecule has 0 radical (unpaired) electrons. The lowest BCUT2D eigenvalue weighted by atomic mass is 9.85. The van der Waals surface area contributed by atoms with Gasteiger partial charge in [0, 0.05) is 18.1 Å². The van der Waals surface area contributed by atoms with E-state index in [-0.39, 0.29) is 27.9 Å². The maximum absolute atomic E-state index is 13.0. The first-order valence-corrected chi connectivity index (χ1v) is 10.2. The molecule has 0 aliphatic heterocycles. The van der Waals surface area contributed by atoms with Crippen LogP contribution in [0, 0.1) is 17.2 Å². The Hall–Kier alpha value is -4.39. The summed E-state index contributed by atoms with van der Waals surface area (Å²) in [5, 5.41) is 37.0. The third-order valence-corrected chi connectivity index (χ3v) is 5.40. The van der Waals surface area contributed by atoms with Gasteiger partial charge in [0.25, 0.3) is 11.5 Å². The van der Waals surface area contributed by atoms with Gasteiger partial charge >= 0.3 is 6.16 Å². The molecule has 4 N–H and O–H groups in total. The normalized spacial score (nSPS) is 12.7. The van der Waals surface area contributed by atoms with Crippen molar-refractivity contribution in [1.82, 2.24) is 14.9 Å². The van der Waals surface area contributed by atoms with Crippen molar-refractivity contribution in [2.24, 2.45) is 5.92 Å². The first-order chi connectivity index (χ1) is 15.8. The van der Waals surface area contributed by atoms with Gasteiger partial charge < -0.3 is 25.2 Å². The highest BCUT2D eigenvalue weighted by molar-refractivity contribution is 6.02. The van der Waals surface area contributed by atoms with Crippen LogP contribution in [0.3, 0.4) is 0 Å². The summed E-state index contributed by atoms with van der Waals surface area (Å²) in [6.07, 6.45) is 3.02. The van der Waals surface area contributed by atoms with E-state index in [1.54, 1.807) is 12.3 Å². The second kappa shape index (κ2) is 10.3. The number of benzene rings is 1. The van der Waals surface area contributed by atoms with E-state index in [0.717, 1.165) is 24.8 Å². The van der Waals surface area contributed by atoms with Crippen LogP contribution in [0.5, 0.6) is 5.75 Å². The number of nitrogens with zero attached hydrogens (tertiary/aromatic N) is 3. The summed E-state index contributed by atoms with van der Waals surface area (Å²) >= 11 is 0. The van der Waals surface area contributed by atoms with Gasteiger partial charge in [-0.15, -0.1) is 0 Å². The fourth-order valence-corrected chi connectivity index (χ4v) is 3.51. The zero-order valence-electron chi connectivity index (χ0n) is 17.6. The Balaban J connectivity index is 0.000000709. The zero-order chi connectivity index (χ0) is 24.0. The molecule has 1 saturated carbocycles. The molecule has 10 nitrogen and oxygen atoms in total. The van der Waals surface area contributed by atoms with Crippen LogP contribution in [-0.4, -0.2) is 43.5 Å². The molecule has 170 valence electrons. The lowest BCUT2D eigenvalue weighted by Gasteiger charge is -2.25. The molecule has 1 aliphatic carbocycles. The molecule has 0 spiro atoms. The number of amides is 1. The molecule has 0 bridgehead atoms. The van der Waals surface area contributed by atoms with E-state index in [4.69, 9.17) is 15.0 Å². The van der Waals surface area contributed by atoms with Crippen LogP contribution in [0.4, 0.5) is 4.79 Å². The first kappa shape index (κ1) is 23.3. The van der Waals surface area contributed by atoms with Crippen LogP contribution < -0.4 is 10.9 Å². The molecule has 0 atom stereocenters. The number of aromatic nitrogens is 2. The minimum Gasteiger partial charge on any atom is -0.505 e. The maximum atomic E-state index is 13.0. The molecule has 1 amide bonds. The summed E-state index contributed by atoms with van der Waals surface area (Å²) < 4.78 is 1.45. The predicted octanol–water partition coefficient (Wildman–Crippen LogP) is 2.77. The van der Waals surface area contributed by atoms with E-state index >= 15 is 0 Å². The van der Waals surface area contributed by atoms with E-state index in [9.17, 15) is 20.0 Å². The van der Waals surface area contributed by atoms with Gasteiger partial charge in [-0.05, 0) is 30.4 Å². The average molecular weight is 450 g/mol. The fraction of sp³-hybridized carbons (Fsp3) is 0.261. The minimum absolute atomic E-state index is 0.0129. The van der Waals surface area contributed by atoms with Crippen molar-refractivity contribution in [2.75, 3.05) is 6.54 Å². The number of carboxylic acid groups (broad SMARTS) is 2. The Morgan fingerprint density at radius 1 is 1.18 bits per heavy atom. The summed E-state index contributed by atoms with van der Waals surface area (Å²) in [5.74, 6) is -0.475. The van der Waals surface area contributed by atoms with E-state index in [1.807, 2.05) is 36.4 Å². The number of hydrogen-bond acceptors (Lipinski definition) is 6. The number of carbonyl (C=O) groups excluding carboxylic acids is 1. The van der Waals surface area contributed by atoms with E-state index in [2.05, 4.69) is 10.3 Å². The topological polar surface area (TPSA) is 166 Å². The number of pyridine rings is 2. The standard InChI is InChI=1S/C22H20N4O3.CH2O3/c23-11-17-18-16(9-10-26(22(18)29)13-15-5-2-1-3-6-15)20(27)19(25-17)21(28)24-12-14-7-4-8-14;2-1(3)4/h1-3,5-6,9-10,14,27H,4,7-8,12-13H2,(H,24,28);(H2,2,3,4). The highest BCUT2D eigenvalue weighted by Crippen LogP contribution is 2.28. The van der Waals surface area contributed by atoms with Crippen molar-refractivity contribution in [3.8, 4) is 11.8 Å². The quantitative estimate of drug-likeness (QED) is 0.460. The van der Waals surface area contributed by atoms with Crippen LogP contribution in [0.15, 0.2) is 47.4 Å². The van der Waals surface area contributed by atoms with Crippen LogP contribution in [0.1, 0.15) is 41.0 Å². The van der Waals surface area contributed by atoms with E-state index < -0.39 is 17.6 Å². The molecular formula is C23H22N4O6. The third-order valence-electron chi connectivity index (χ3n) is 5.40. The number of hydrogen-bond donors (Lipinski definition) is 4. The minimum atomic E-state index is -1.83. The molecule has 3 aromatic rings. The van der Waals surface area contributed by atoms with Gasteiger partial charge in [-0.25, -0.2) is 9.78 Å². The van der Waals surface area contributed by atoms with E-state index in [1.165, 1.54) is 4.57 Å².